The van der Waals surface area contributed by atoms with E-state index in [2.05, 4.69) is 15.3 Å². The van der Waals surface area contributed by atoms with E-state index in [1.54, 1.807) is 18.3 Å². The first-order valence-corrected chi connectivity index (χ1v) is 7.22. The lowest BCUT2D eigenvalue weighted by Gasteiger charge is -2.11. The quantitative estimate of drug-likeness (QED) is 0.803. The number of carbonyl (C=O) groups excluding carboxylic acids is 1. The molecule has 116 valence electrons. The predicted molar refractivity (Wildman–Crippen MR) is 88.3 cm³/mol. The molecule has 0 unspecified atom stereocenters. The number of benzene rings is 1. The van der Waals surface area contributed by atoms with Gasteiger partial charge in [0.1, 0.15) is 12.9 Å². The van der Waals surface area contributed by atoms with Crippen LogP contribution in [0.3, 0.4) is 0 Å². The lowest BCUT2D eigenvalue weighted by Crippen LogP contribution is -2.28. The highest BCUT2D eigenvalue weighted by Crippen LogP contribution is 2.17. The van der Waals surface area contributed by atoms with E-state index in [1.165, 1.54) is 10.9 Å². The van der Waals surface area contributed by atoms with Crippen LogP contribution in [-0.4, -0.2) is 20.4 Å². The minimum atomic E-state index is -0.279. The second-order valence-electron chi connectivity index (χ2n) is 5.35. The number of rotatable bonds is 3. The van der Waals surface area contributed by atoms with Gasteiger partial charge in [-0.25, -0.2) is 9.97 Å². The Morgan fingerprint density at radius 1 is 1.17 bits per heavy atom. The van der Waals surface area contributed by atoms with Crippen LogP contribution < -0.4 is 10.9 Å². The number of nitrogens with zero attached hydrogens (tertiary/aromatic N) is 3. The molecule has 0 fully saturated rings. The maximum absolute atomic E-state index is 12.3. The summed E-state index contributed by atoms with van der Waals surface area (Å²) < 4.78 is 1.28. The van der Waals surface area contributed by atoms with Crippen molar-refractivity contribution in [1.29, 1.82) is 0 Å². The Bertz CT molecular complexity index is 947. The van der Waals surface area contributed by atoms with Crippen molar-refractivity contribution in [2.75, 3.05) is 5.32 Å². The van der Waals surface area contributed by atoms with Gasteiger partial charge in [-0.3, -0.25) is 14.2 Å². The molecular formula is C17H16N4O2. The van der Waals surface area contributed by atoms with Gasteiger partial charge in [0.15, 0.2) is 5.65 Å². The first-order chi connectivity index (χ1) is 11.1. The highest BCUT2D eigenvalue weighted by Gasteiger charge is 2.10. The number of anilines is 1. The van der Waals surface area contributed by atoms with Gasteiger partial charge in [-0.05, 0) is 43.2 Å². The summed E-state index contributed by atoms with van der Waals surface area (Å²) in [5.74, 6) is -0.272. The second kappa shape index (κ2) is 6.00. The largest absolute Gasteiger partial charge is 0.324 e. The van der Waals surface area contributed by atoms with Gasteiger partial charge in [0.05, 0.1) is 5.39 Å². The Kier molecular flexibility index (Phi) is 3.89. The molecular weight excluding hydrogens is 292 g/mol. The highest BCUT2D eigenvalue weighted by atomic mass is 16.2. The lowest BCUT2D eigenvalue weighted by atomic mass is 10.1. The second-order valence-corrected chi connectivity index (χ2v) is 5.35. The van der Waals surface area contributed by atoms with Crippen molar-refractivity contribution in [3.05, 3.63) is 64.3 Å². The van der Waals surface area contributed by atoms with Crippen LogP contribution >= 0.6 is 0 Å². The molecule has 0 spiro atoms. The smallest absolute Gasteiger partial charge is 0.263 e. The monoisotopic (exact) mass is 308 g/mol. The zero-order valence-electron chi connectivity index (χ0n) is 12.9. The molecule has 1 aromatic carbocycles. The number of carbonyl (C=O) groups is 1. The van der Waals surface area contributed by atoms with E-state index >= 15 is 0 Å². The van der Waals surface area contributed by atoms with Crippen LogP contribution in [-0.2, 0) is 11.3 Å². The fraction of sp³-hybridized carbons (Fsp3) is 0.176. The normalized spacial score (nSPS) is 10.7. The molecule has 0 aliphatic heterocycles. The Morgan fingerprint density at radius 3 is 2.83 bits per heavy atom. The molecule has 3 rings (SSSR count). The average Bonchev–Trinajstić information content (AvgIpc) is 2.55. The minimum Gasteiger partial charge on any atom is -0.324 e. The standard InChI is InChI=1S/C17H16N4O2/c1-11-5-3-7-14(12(11)2)20-15(22)9-21-10-19-16-13(17(21)23)6-4-8-18-16/h3-8,10H,9H2,1-2H3,(H,20,22). The zero-order chi connectivity index (χ0) is 16.4. The van der Waals surface area contributed by atoms with E-state index < -0.39 is 0 Å². The number of aromatic nitrogens is 3. The van der Waals surface area contributed by atoms with Gasteiger partial charge < -0.3 is 5.32 Å². The summed E-state index contributed by atoms with van der Waals surface area (Å²) in [5, 5.41) is 3.23. The number of pyridine rings is 1. The number of aryl methyl sites for hydroxylation is 1. The van der Waals surface area contributed by atoms with Crippen LogP contribution in [0.4, 0.5) is 5.69 Å². The maximum Gasteiger partial charge on any atom is 0.263 e. The molecule has 23 heavy (non-hydrogen) atoms. The van der Waals surface area contributed by atoms with Gasteiger partial charge in [0.2, 0.25) is 5.91 Å². The summed E-state index contributed by atoms with van der Waals surface area (Å²) in [5.41, 5.74) is 2.95. The van der Waals surface area contributed by atoms with Crippen molar-refractivity contribution in [2.45, 2.75) is 20.4 Å². The third-order valence-corrected chi connectivity index (χ3v) is 3.79. The average molecular weight is 308 g/mol. The molecule has 6 nitrogen and oxygen atoms in total. The first kappa shape index (κ1) is 14.9. The molecule has 0 radical (unpaired) electrons. The van der Waals surface area contributed by atoms with Crippen LogP contribution in [0.25, 0.3) is 11.0 Å². The molecule has 6 heteroatoms. The Morgan fingerprint density at radius 2 is 2.00 bits per heavy atom. The molecule has 0 aliphatic rings. The summed E-state index contributed by atoms with van der Waals surface area (Å²) in [6.45, 7) is 3.83. The van der Waals surface area contributed by atoms with Crippen LogP contribution in [0.15, 0.2) is 47.7 Å². The molecule has 0 bridgehead atoms. The van der Waals surface area contributed by atoms with Crippen molar-refractivity contribution in [1.82, 2.24) is 14.5 Å². The van der Waals surface area contributed by atoms with Gasteiger partial charge in [0.25, 0.3) is 5.56 Å². The maximum atomic E-state index is 12.3. The van der Waals surface area contributed by atoms with Gasteiger partial charge >= 0.3 is 0 Å². The minimum absolute atomic E-state index is 0.0932. The first-order valence-electron chi connectivity index (χ1n) is 7.22. The van der Waals surface area contributed by atoms with E-state index in [4.69, 9.17) is 0 Å². The summed E-state index contributed by atoms with van der Waals surface area (Å²) in [6.07, 6.45) is 2.92. The van der Waals surface area contributed by atoms with Crippen LogP contribution in [0.5, 0.6) is 0 Å². The predicted octanol–water partition coefficient (Wildman–Crippen LogP) is 2.05. The van der Waals surface area contributed by atoms with Crippen LogP contribution in [0.1, 0.15) is 11.1 Å². The molecule has 0 saturated heterocycles. The van der Waals surface area contributed by atoms with E-state index in [1.807, 2.05) is 32.0 Å². The van der Waals surface area contributed by atoms with E-state index in [9.17, 15) is 9.59 Å². The summed E-state index contributed by atoms with van der Waals surface area (Å²) in [4.78, 5) is 32.7. The lowest BCUT2D eigenvalue weighted by molar-refractivity contribution is -0.116. The molecule has 3 aromatic rings. The number of amides is 1. The molecule has 1 N–H and O–H groups in total. The topological polar surface area (TPSA) is 76.9 Å². The van der Waals surface area contributed by atoms with E-state index in [0.29, 0.717) is 11.0 Å². The summed E-state index contributed by atoms with van der Waals surface area (Å²) in [6, 6.07) is 9.03. The van der Waals surface area contributed by atoms with Crippen molar-refractivity contribution in [2.24, 2.45) is 0 Å². The van der Waals surface area contributed by atoms with Gasteiger partial charge in [0, 0.05) is 11.9 Å². The van der Waals surface area contributed by atoms with Gasteiger partial charge in [-0.2, -0.15) is 0 Å². The van der Waals surface area contributed by atoms with Crippen LogP contribution in [0, 0.1) is 13.8 Å². The molecule has 2 heterocycles. The van der Waals surface area contributed by atoms with E-state index in [0.717, 1.165) is 16.8 Å². The fourth-order valence-electron chi connectivity index (χ4n) is 2.34. The van der Waals surface area contributed by atoms with Crippen molar-refractivity contribution >= 4 is 22.6 Å². The Labute approximate surface area is 132 Å². The van der Waals surface area contributed by atoms with Crippen LogP contribution in [0.2, 0.25) is 0 Å². The number of hydrogen-bond donors (Lipinski definition) is 1. The summed E-state index contributed by atoms with van der Waals surface area (Å²) in [7, 11) is 0. The van der Waals surface area contributed by atoms with E-state index in [-0.39, 0.29) is 18.0 Å². The number of hydrogen-bond acceptors (Lipinski definition) is 4. The molecule has 1 amide bonds. The molecule has 0 aliphatic carbocycles. The van der Waals surface area contributed by atoms with Crippen molar-refractivity contribution < 1.29 is 4.79 Å². The fourth-order valence-corrected chi connectivity index (χ4v) is 2.34. The Balaban J connectivity index is 1.85. The summed E-state index contributed by atoms with van der Waals surface area (Å²) >= 11 is 0. The Hall–Kier alpha value is -3.02. The van der Waals surface area contributed by atoms with Crippen molar-refractivity contribution in [3.8, 4) is 0 Å². The highest BCUT2D eigenvalue weighted by molar-refractivity contribution is 5.91. The van der Waals surface area contributed by atoms with Gasteiger partial charge in [-0.15, -0.1) is 0 Å². The molecule has 0 atom stereocenters. The number of nitrogens with one attached hydrogen (secondary N) is 1. The number of fused-ring (bicyclic) bond motifs is 1. The third-order valence-electron chi connectivity index (χ3n) is 3.79. The zero-order valence-corrected chi connectivity index (χ0v) is 12.9. The van der Waals surface area contributed by atoms with Gasteiger partial charge in [-0.1, -0.05) is 12.1 Å². The SMILES string of the molecule is Cc1cccc(NC(=O)Cn2cnc3ncccc3c2=O)c1C. The molecule has 0 saturated carbocycles. The molecule has 2 aromatic heterocycles. The third kappa shape index (κ3) is 2.96. The van der Waals surface area contributed by atoms with Crippen molar-refractivity contribution in [3.63, 3.8) is 0 Å².